The highest BCUT2D eigenvalue weighted by Crippen LogP contribution is 2.38. The lowest BCUT2D eigenvalue weighted by Crippen LogP contribution is -2.44. The van der Waals surface area contributed by atoms with E-state index in [1.54, 1.807) is 7.05 Å². The molecule has 0 radical (unpaired) electrons. The molecule has 1 fully saturated rings. The van der Waals surface area contributed by atoms with E-state index in [2.05, 4.69) is 29.5 Å². The second kappa shape index (κ2) is 9.05. The number of guanidine groups is 1. The molecule has 0 saturated heterocycles. The van der Waals surface area contributed by atoms with Gasteiger partial charge in [0, 0.05) is 20.1 Å². The Hall–Kier alpha value is -0.210. The molecule has 0 aromatic heterocycles. The van der Waals surface area contributed by atoms with Gasteiger partial charge in [-0.3, -0.25) is 4.99 Å². The Morgan fingerprint density at radius 3 is 2.19 bits per heavy atom. The van der Waals surface area contributed by atoms with Crippen LogP contribution in [0.25, 0.3) is 0 Å². The molecule has 0 bridgehead atoms. The SMILES string of the molecule is CN=C(NCCC(F)(F)F)NCC(C)(C)C1CCCC1.I. The highest BCUT2D eigenvalue weighted by molar-refractivity contribution is 14.0. The molecule has 0 unspecified atom stereocenters. The lowest BCUT2D eigenvalue weighted by Gasteiger charge is -2.32. The summed E-state index contributed by atoms with van der Waals surface area (Å²) in [5, 5.41) is 5.85. The van der Waals surface area contributed by atoms with Crippen LogP contribution in [-0.4, -0.2) is 32.3 Å². The van der Waals surface area contributed by atoms with Crippen LogP contribution in [0.15, 0.2) is 4.99 Å². The smallest absolute Gasteiger partial charge is 0.356 e. The van der Waals surface area contributed by atoms with E-state index < -0.39 is 12.6 Å². The van der Waals surface area contributed by atoms with Gasteiger partial charge in [-0.25, -0.2) is 0 Å². The standard InChI is InChI=1S/C14H26F3N3.HI/c1-13(2,11-6-4-5-7-11)10-20-12(18-3)19-9-8-14(15,16)17;/h11H,4-10H2,1-3H3,(H2,18,19,20);1H. The first-order valence-electron chi connectivity index (χ1n) is 7.26. The highest BCUT2D eigenvalue weighted by Gasteiger charge is 2.32. The molecule has 1 aliphatic carbocycles. The number of alkyl halides is 3. The zero-order valence-corrected chi connectivity index (χ0v) is 15.3. The van der Waals surface area contributed by atoms with Gasteiger partial charge >= 0.3 is 6.18 Å². The maximum atomic E-state index is 12.1. The summed E-state index contributed by atoms with van der Waals surface area (Å²) in [6.07, 6.45) is 0.0809. The molecular formula is C14H27F3IN3. The third kappa shape index (κ3) is 8.11. The van der Waals surface area contributed by atoms with Crippen molar-refractivity contribution in [2.75, 3.05) is 20.1 Å². The minimum absolute atomic E-state index is 0. The van der Waals surface area contributed by atoms with Crippen molar-refractivity contribution in [1.82, 2.24) is 10.6 Å². The van der Waals surface area contributed by atoms with Gasteiger partial charge in [0.05, 0.1) is 6.42 Å². The van der Waals surface area contributed by atoms with E-state index in [0.29, 0.717) is 11.9 Å². The molecule has 3 nitrogen and oxygen atoms in total. The minimum atomic E-state index is -4.13. The van der Waals surface area contributed by atoms with Gasteiger partial charge in [-0.1, -0.05) is 26.7 Å². The van der Waals surface area contributed by atoms with Gasteiger partial charge < -0.3 is 10.6 Å². The first-order valence-corrected chi connectivity index (χ1v) is 7.26. The summed E-state index contributed by atoms with van der Waals surface area (Å²) in [4.78, 5) is 3.96. The van der Waals surface area contributed by atoms with Gasteiger partial charge in [-0.05, 0) is 24.2 Å². The van der Waals surface area contributed by atoms with Crippen LogP contribution in [0.4, 0.5) is 13.2 Å². The van der Waals surface area contributed by atoms with Gasteiger partial charge in [0.15, 0.2) is 5.96 Å². The number of rotatable bonds is 5. The van der Waals surface area contributed by atoms with Gasteiger partial charge in [-0.15, -0.1) is 24.0 Å². The number of nitrogens with zero attached hydrogens (tertiary/aromatic N) is 1. The molecule has 1 aliphatic rings. The average molecular weight is 421 g/mol. The Labute approximate surface area is 142 Å². The van der Waals surface area contributed by atoms with E-state index in [0.717, 1.165) is 6.54 Å². The summed E-state index contributed by atoms with van der Waals surface area (Å²) in [7, 11) is 1.57. The Kier molecular flexibility index (Phi) is 8.96. The number of hydrogen-bond donors (Lipinski definition) is 2. The van der Waals surface area contributed by atoms with E-state index in [9.17, 15) is 13.2 Å². The lowest BCUT2D eigenvalue weighted by atomic mass is 9.78. The molecule has 0 spiro atoms. The molecule has 126 valence electrons. The predicted molar refractivity (Wildman–Crippen MR) is 91.2 cm³/mol. The quantitative estimate of drug-likeness (QED) is 0.401. The molecule has 1 saturated carbocycles. The number of hydrogen-bond acceptors (Lipinski definition) is 1. The molecule has 0 heterocycles. The topological polar surface area (TPSA) is 36.4 Å². The third-order valence-electron chi connectivity index (χ3n) is 4.10. The van der Waals surface area contributed by atoms with Gasteiger partial charge in [0.2, 0.25) is 0 Å². The molecule has 0 atom stereocenters. The van der Waals surface area contributed by atoms with E-state index >= 15 is 0 Å². The Balaban J connectivity index is 0.00000400. The minimum Gasteiger partial charge on any atom is -0.356 e. The van der Waals surface area contributed by atoms with Crippen molar-refractivity contribution in [3.63, 3.8) is 0 Å². The third-order valence-corrected chi connectivity index (χ3v) is 4.10. The number of aliphatic imine (C=N–C) groups is 1. The van der Waals surface area contributed by atoms with E-state index in [4.69, 9.17) is 0 Å². The summed E-state index contributed by atoms with van der Waals surface area (Å²) >= 11 is 0. The van der Waals surface area contributed by atoms with Crippen LogP contribution in [0, 0.1) is 11.3 Å². The van der Waals surface area contributed by atoms with Crippen molar-refractivity contribution in [3.8, 4) is 0 Å². The summed E-state index contributed by atoms with van der Waals surface area (Å²) in [5.41, 5.74) is 0.137. The fourth-order valence-corrected chi connectivity index (χ4v) is 2.71. The fourth-order valence-electron chi connectivity index (χ4n) is 2.71. The van der Waals surface area contributed by atoms with Crippen LogP contribution < -0.4 is 10.6 Å². The number of nitrogens with one attached hydrogen (secondary N) is 2. The van der Waals surface area contributed by atoms with Crippen LogP contribution >= 0.6 is 24.0 Å². The molecule has 1 rings (SSSR count). The monoisotopic (exact) mass is 421 g/mol. The lowest BCUT2D eigenvalue weighted by molar-refractivity contribution is -0.132. The van der Waals surface area contributed by atoms with Gasteiger partial charge in [-0.2, -0.15) is 13.2 Å². The Morgan fingerprint density at radius 2 is 1.71 bits per heavy atom. The van der Waals surface area contributed by atoms with Crippen molar-refractivity contribution in [2.24, 2.45) is 16.3 Å². The van der Waals surface area contributed by atoms with Crippen LogP contribution in [0.2, 0.25) is 0 Å². The predicted octanol–water partition coefficient (Wildman–Crippen LogP) is 3.94. The fraction of sp³-hybridized carbons (Fsp3) is 0.929. The molecule has 2 N–H and O–H groups in total. The summed E-state index contributed by atoms with van der Waals surface area (Å²) in [6, 6.07) is 0. The molecule has 0 aromatic rings. The zero-order valence-electron chi connectivity index (χ0n) is 13.0. The summed E-state index contributed by atoms with van der Waals surface area (Å²) in [5.74, 6) is 1.13. The van der Waals surface area contributed by atoms with E-state index in [1.165, 1.54) is 25.7 Å². The van der Waals surface area contributed by atoms with Crippen LogP contribution in [0.3, 0.4) is 0 Å². The second-order valence-electron chi connectivity index (χ2n) is 6.19. The first-order chi connectivity index (χ1) is 9.24. The first kappa shape index (κ1) is 20.8. The van der Waals surface area contributed by atoms with Gasteiger partial charge in [0.25, 0.3) is 0 Å². The molecule has 0 aliphatic heterocycles. The van der Waals surface area contributed by atoms with Crippen LogP contribution in [-0.2, 0) is 0 Å². The molecule has 21 heavy (non-hydrogen) atoms. The molecular weight excluding hydrogens is 394 g/mol. The van der Waals surface area contributed by atoms with Crippen LogP contribution in [0.1, 0.15) is 46.0 Å². The van der Waals surface area contributed by atoms with Crippen molar-refractivity contribution >= 4 is 29.9 Å². The molecule has 7 heteroatoms. The molecule has 0 amide bonds. The Morgan fingerprint density at radius 1 is 1.14 bits per heavy atom. The van der Waals surface area contributed by atoms with Crippen molar-refractivity contribution < 1.29 is 13.2 Å². The van der Waals surface area contributed by atoms with E-state index in [1.807, 2.05) is 0 Å². The second-order valence-corrected chi connectivity index (χ2v) is 6.19. The maximum absolute atomic E-state index is 12.1. The zero-order chi connectivity index (χ0) is 15.2. The summed E-state index contributed by atoms with van der Waals surface area (Å²) < 4.78 is 36.3. The van der Waals surface area contributed by atoms with Crippen LogP contribution in [0.5, 0.6) is 0 Å². The largest absolute Gasteiger partial charge is 0.390 e. The molecule has 0 aromatic carbocycles. The van der Waals surface area contributed by atoms with Crippen molar-refractivity contribution in [1.29, 1.82) is 0 Å². The maximum Gasteiger partial charge on any atom is 0.390 e. The average Bonchev–Trinajstić information content (AvgIpc) is 2.86. The van der Waals surface area contributed by atoms with Crippen molar-refractivity contribution in [3.05, 3.63) is 0 Å². The van der Waals surface area contributed by atoms with Gasteiger partial charge in [0.1, 0.15) is 0 Å². The van der Waals surface area contributed by atoms with E-state index in [-0.39, 0.29) is 35.9 Å². The Bertz CT molecular complexity index is 324. The highest BCUT2D eigenvalue weighted by atomic mass is 127. The van der Waals surface area contributed by atoms with Crippen molar-refractivity contribution in [2.45, 2.75) is 52.1 Å². The normalized spacial score (nSPS) is 17.5. The summed E-state index contributed by atoms with van der Waals surface area (Å²) in [6.45, 7) is 4.99. The number of halogens is 4.